The largest absolute Gasteiger partial charge is 0.493 e. The third kappa shape index (κ3) is 3.90. The van der Waals surface area contributed by atoms with E-state index >= 15 is 0 Å². The summed E-state index contributed by atoms with van der Waals surface area (Å²) < 4.78 is 17.4. The zero-order chi connectivity index (χ0) is 20.3. The van der Waals surface area contributed by atoms with E-state index < -0.39 is 18.0 Å². The number of hydrogen-bond acceptors (Lipinski definition) is 6. The molecule has 0 aliphatic carbocycles. The molecule has 1 amide bonds. The monoisotopic (exact) mass is 383 g/mol. The van der Waals surface area contributed by atoms with Crippen LogP contribution in [-0.2, 0) is 9.53 Å². The molecule has 0 bridgehead atoms. The van der Waals surface area contributed by atoms with E-state index in [9.17, 15) is 9.59 Å². The van der Waals surface area contributed by atoms with Crippen molar-refractivity contribution in [1.29, 1.82) is 0 Å². The summed E-state index contributed by atoms with van der Waals surface area (Å²) in [4.78, 5) is 29.0. The van der Waals surface area contributed by atoms with Gasteiger partial charge in [-0.2, -0.15) is 0 Å². The van der Waals surface area contributed by atoms with Gasteiger partial charge in [-0.1, -0.05) is 6.07 Å². The van der Waals surface area contributed by atoms with Crippen LogP contribution in [0.5, 0.6) is 11.5 Å². The Morgan fingerprint density at radius 2 is 1.86 bits per heavy atom. The molecule has 8 nitrogen and oxygen atoms in total. The summed E-state index contributed by atoms with van der Waals surface area (Å²) in [5.74, 6) is -0.120. The van der Waals surface area contributed by atoms with Gasteiger partial charge in [-0.05, 0) is 38.1 Å². The molecule has 0 aliphatic heterocycles. The Bertz CT molecular complexity index is 1030. The van der Waals surface area contributed by atoms with Gasteiger partial charge < -0.3 is 23.9 Å². The topological polar surface area (TPSA) is 91.2 Å². The minimum absolute atomic E-state index is 0.139. The summed E-state index contributed by atoms with van der Waals surface area (Å²) in [5.41, 5.74) is 2.20. The van der Waals surface area contributed by atoms with Crippen LogP contribution in [0.4, 0.5) is 5.69 Å². The second-order valence-corrected chi connectivity index (χ2v) is 6.13. The van der Waals surface area contributed by atoms with Crippen molar-refractivity contribution in [2.45, 2.75) is 20.0 Å². The number of methoxy groups -OCH3 is 2. The third-order valence-corrected chi connectivity index (χ3v) is 4.21. The van der Waals surface area contributed by atoms with E-state index in [2.05, 4.69) is 10.3 Å². The molecule has 0 fully saturated rings. The Morgan fingerprint density at radius 3 is 2.54 bits per heavy atom. The predicted octanol–water partition coefficient (Wildman–Crippen LogP) is 2.84. The zero-order valence-corrected chi connectivity index (χ0v) is 16.1. The number of nitrogens with one attached hydrogen (secondary N) is 1. The number of amides is 1. The van der Waals surface area contributed by atoms with Crippen LogP contribution in [0.25, 0.3) is 5.65 Å². The van der Waals surface area contributed by atoms with Crippen molar-refractivity contribution in [3.63, 3.8) is 0 Å². The number of ether oxygens (including phenoxy) is 3. The lowest BCUT2D eigenvalue weighted by Crippen LogP contribution is -2.30. The highest BCUT2D eigenvalue weighted by Crippen LogP contribution is 2.29. The fourth-order valence-corrected chi connectivity index (χ4v) is 2.68. The standard InChI is InChI=1S/C20H21N3O5/c1-12-6-5-7-18-22-15(11-23(12)18)20(25)28-13(2)19(24)21-14-8-9-16(26-3)17(10-14)27-4/h5-11,13H,1-4H3,(H,21,24)/t13-/m1/s1. The van der Waals surface area contributed by atoms with Crippen LogP contribution in [0.15, 0.2) is 42.6 Å². The van der Waals surface area contributed by atoms with Gasteiger partial charge in [-0.25, -0.2) is 9.78 Å². The van der Waals surface area contributed by atoms with Gasteiger partial charge in [-0.3, -0.25) is 4.79 Å². The van der Waals surface area contributed by atoms with Gasteiger partial charge in [-0.15, -0.1) is 0 Å². The number of rotatable bonds is 6. The molecule has 3 aromatic rings. The number of fused-ring (bicyclic) bond motifs is 1. The molecule has 8 heteroatoms. The smallest absolute Gasteiger partial charge is 0.359 e. The molecule has 0 unspecified atom stereocenters. The van der Waals surface area contributed by atoms with Crippen molar-refractivity contribution in [3.05, 3.63) is 54.0 Å². The van der Waals surface area contributed by atoms with Crippen LogP contribution in [0.3, 0.4) is 0 Å². The number of aryl methyl sites for hydroxylation is 1. The normalized spacial score (nSPS) is 11.7. The minimum Gasteiger partial charge on any atom is -0.493 e. The van der Waals surface area contributed by atoms with Crippen LogP contribution in [0.2, 0.25) is 0 Å². The number of nitrogens with zero attached hydrogens (tertiary/aromatic N) is 2. The molecular weight excluding hydrogens is 362 g/mol. The highest BCUT2D eigenvalue weighted by molar-refractivity contribution is 5.97. The molecule has 2 heterocycles. The lowest BCUT2D eigenvalue weighted by atomic mass is 10.2. The minimum atomic E-state index is -1.01. The van der Waals surface area contributed by atoms with E-state index in [1.807, 2.05) is 19.1 Å². The van der Waals surface area contributed by atoms with Crippen molar-refractivity contribution in [2.24, 2.45) is 0 Å². The van der Waals surface area contributed by atoms with E-state index in [-0.39, 0.29) is 5.69 Å². The predicted molar refractivity (Wildman–Crippen MR) is 103 cm³/mol. The average Bonchev–Trinajstić information content (AvgIpc) is 3.13. The Balaban J connectivity index is 1.68. The number of esters is 1. The van der Waals surface area contributed by atoms with Crippen LogP contribution in [-0.4, -0.2) is 41.6 Å². The molecule has 2 aromatic heterocycles. The summed E-state index contributed by atoms with van der Waals surface area (Å²) in [7, 11) is 3.03. The SMILES string of the molecule is COc1ccc(NC(=O)[C@@H](C)OC(=O)c2cn3c(C)cccc3n2)cc1OC. The molecule has 0 saturated heterocycles. The number of anilines is 1. The number of aromatic nitrogens is 2. The second-order valence-electron chi connectivity index (χ2n) is 6.13. The average molecular weight is 383 g/mol. The van der Waals surface area contributed by atoms with E-state index in [1.165, 1.54) is 21.1 Å². The van der Waals surface area contributed by atoms with Gasteiger partial charge in [0, 0.05) is 23.6 Å². The summed E-state index contributed by atoms with van der Waals surface area (Å²) >= 11 is 0. The van der Waals surface area contributed by atoms with Gasteiger partial charge in [0.15, 0.2) is 23.3 Å². The maximum absolute atomic E-state index is 12.4. The quantitative estimate of drug-likeness (QED) is 0.658. The second kappa shape index (κ2) is 7.99. The fourth-order valence-electron chi connectivity index (χ4n) is 2.68. The van der Waals surface area contributed by atoms with Gasteiger partial charge >= 0.3 is 5.97 Å². The maximum atomic E-state index is 12.4. The molecule has 0 aliphatic rings. The number of imidazole rings is 1. The highest BCUT2D eigenvalue weighted by Gasteiger charge is 2.21. The summed E-state index contributed by atoms with van der Waals surface area (Å²) in [6.07, 6.45) is 0.581. The number of carbonyl (C=O) groups excluding carboxylic acids is 2. The van der Waals surface area contributed by atoms with Crippen molar-refractivity contribution < 1.29 is 23.8 Å². The lowest BCUT2D eigenvalue weighted by molar-refractivity contribution is -0.123. The first-order valence-electron chi connectivity index (χ1n) is 8.61. The number of benzene rings is 1. The molecule has 0 radical (unpaired) electrons. The van der Waals surface area contributed by atoms with E-state index in [1.54, 1.807) is 34.9 Å². The van der Waals surface area contributed by atoms with Gasteiger partial charge in [0.2, 0.25) is 0 Å². The molecule has 28 heavy (non-hydrogen) atoms. The van der Waals surface area contributed by atoms with Crippen molar-refractivity contribution in [2.75, 3.05) is 19.5 Å². The number of pyridine rings is 1. The van der Waals surface area contributed by atoms with Gasteiger partial charge in [0.25, 0.3) is 5.91 Å². The number of carbonyl (C=O) groups is 2. The molecule has 1 N–H and O–H groups in total. The van der Waals surface area contributed by atoms with Crippen LogP contribution in [0, 0.1) is 6.92 Å². The van der Waals surface area contributed by atoms with Gasteiger partial charge in [0.1, 0.15) is 5.65 Å². The molecule has 1 atom stereocenters. The van der Waals surface area contributed by atoms with E-state index in [4.69, 9.17) is 14.2 Å². The molecule has 146 valence electrons. The lowest BCUT2D eigenvalue weighted by Gasteiger charge is -2.14. The molecule has 1 aromatic carbocycles. The first kappa shape index (κ1) is 19.2. The first-order chi connectivity index (χ1) is 13.4. The molecule has 3 rings (SSSR count). The Hall–Kier alpha value is -3.55. The first-order valence-corrected chi connectivity index (χ1v) is 8.61. The fraction of sp³-hybridized carbons (Fsp3) is 0.250. The highest BCUT2D eigenvalue weighted by atomic mass is 16.5. The molecule has 0 saturated carbocycles. The number of hydrogen-bond donors (Lipinski definition) is 1. The van der Waals surface area contributed by atoms with Crippen LogP contribution < -0.4 is 14.8 Å². The summed E-state index contributed by atoms with van der Waals surface area (Å²) in [6.45, 7) is 3.40. The summed E-state index contributed by atoms with van der Waals surface area (Å²) in [5, 5.41) is 2.68. The third-order valence-electron chi connectivity index (χ3n) is 4.21. The van der Waals surface area contributed by atoms with Gasteiger partial charge in [0.05, 0.1) is 14.2 Å². The van der Waals surface area contributed by atoms with Crippen LogP contribution in [0.1, 0.15) is 23.1 Å². The van der Waals surface area contributed by atoms with Crippen molar-refractivity contribution in [1.82, 2.24) is 9.38 Å². The van der Waals surface area contributed by atoms with E-state index in [0.29, 0.717) is 22.8 Å². The van der Waals surface area contributed by atoms with Crippen LogP contribution >= 0.6 is 0 Å². The Labute approximate surface area is 162 Å². The zero-order valence-electron chi connectivity index (χ0n) is 16.1. The molecule has 0 spiro atoms. The van der Waals surface area contributed by atoms with Crippen molar-refractivity contribution in [3.8, 4) is 11.5 Å². The Morgan fingerprint density at radius 1 is 1.11 bits per heavy atom. The van der Waals surface area contributed by atoms with E-state index in [0.717, 1.165) is 5.69 Å². The Kier molecular flexibility index (Phi) is 5.49. The molecular formula is C20H21N3O5. The maximum Gasteiger partial charge on any atom is 0.359 e. The summed E-state index contributed by atoms with van der Waals surface area (Å²) in [6, 6.07) is 10.5. The van der Waals surface area contributed by atoms with Crippen molar-refractivity contribution >= 4 is 23.2 Å².